The van der Waals surface area contributed by atoms with Crippen molar-refractivity contribution in [2.75, 3.05) is 18.6 Å². The van der Waals surface area contributed by atoms with Gasteiger partial charge < -0.3 is 10.2 Å². The standard InChI is InChI=1S/C15H26N2O2S/c1-15(2)14(19)16-12(11-7-5-4-6-8-11)13(18)17(15)9-10-20-3/h11-12H,4-10H2,1-3H3,(H,16,19). The van der Waals surface area contributed by atoms with Crippen LogP contribution < -0.4 is 5.32 Å². The van der Waals surface area contributed by atoms with E-state index < -0.39 is 5.54 Å². The first-order valence-electron chi connectivity index (χ1n) is 7.60. The summed E-state index contributed by atoms with van der Waals surface area (Å²) in [5, 5.41) is 3.00. The lowest BCUT2D eigenvalue weighted by molar-refractivity contribution is -0.156. The molecule has 0 aromatic heterocycles. The van der Waals surface area contributed by atoms with Crippen LogP contribution in [0.5, 0.6) is 0 Å². The number of hydrogen-bond acceptors (Lipinski definition) is 3. The normalized spacial score (nSPS) is 27.6. The molecule has 1 saturated carbocycles. The van der Waals surface area contributed by atoms with Crippen molar-refractivity contribution in [2.45, 2.75) is 57.5 Å². The van der Waals surface area contributed by atoms with E-state index in [1.54, 1.807) is 16.7 Å². The topological polar surface area (TPSA) is 49.4 Å². The first-order chi connectivity index (χ1) is 9.48. The smallest absolute Gasteiger partial charge is 0.246 e. The molecule has 2 fully saturated rings. The molecule has 5 heteroatoms. The number of nitrogens with one attached hydrogen (secondary N) is 1. The Morgan fingerprint density at radius 2 is 1.90 bits per heavy atom. The Balaban J connectivity index is 2.15. The number of rotatable bonds is 4. The molecule has 114 valence electrons. The van der Waals surface area contributed by atoms with Crippen molar-refractivity contribution in [2.24, 2.45) is 5.92 Å². The summed E-state index contributed by atoms with van der Waals surface area (Å²) >= 11 is 1.71. The van der Waals surface area contributed by atoms with Crippen molar-refractivity contribution < 1.29 is 9.59 Å². The first-order valence-corrected chi connectivity index (χ1v) is 8.99. The van der Waals surface area contributed by atoms with E-state index in [9.17, 15) is 9.59 Å². The number of nitrogens with zero attached hydrogens (tertiary/aromatic N) is 1. The van der Waals surface area contributed by atoms with Crippen LogP contribution in [0.15, 0.2) is 0 Å². The molecule has 1 N–H and O–H groups in total. The van der Waals surface area contributed by atoms with Gasteiger partial charge in [0.15, 0.2) is 0 Å². The van der Waals surface area contributed by atoms with Crippen molar-refractivity contribution in [1.29, 1.82) is 0 Å². The molecule has 0 bridgehead atoms. The Morgan fingerprint density at radius 3 is 2.50 bits per heavy atom. The number of carbonyl (C=O) groups excluding carboxylic acids is 2. The lowest BCUT2D eigenvalue weighted by atomic mass is 9.81. The van der Waals surface area contributed by atoms with Crippen LogP contribution >= 0.6 is 11.8 Å². The maximum absolute atomic E-state index is 12.8. The van der Waals surface area contributed by atoms with Gasteiger partial charge >= 0.3 is 0 Å². The van der Waals surface area contributed by atoms with Crippen LogP contribution in [0.1, 0.15) is 46.0 Å². The fraction of sp³-hybridized carbons (Fsp3) is 0.867. The maximum Gasteiger partial charge on any atom is 0.246 e. The molecule has 1 atom stereocenters. The highest BCUT2D eigenvalue weighted by atomic mass is 32.2. The van der Waals surface area contributed by atoms with Gasteiger partial charge in [0, 0.05) is 12.3 Å². The average molecular weight is 298 g/mol. The van der Waals surface area contributed by atoms with Crippen molar-refractivity contribution in [3.63, 3.8) is 0 Å². The number of hydrogen-bond donors (Lipinski definition) is 1. The zero-order chi connectivity index (χ0) is 14.8. The highest BCUT2D eigenvalue weighted by molar-refractivity contribution is 7.98. The van der Waals surface area contributed by atoms with Crippen molar-refractivity contribution in [3.05, 3.63) is 0 Å². The zero-order valence-electron chi connectivity index (χ0n) is 12.8. The molecule has 1 aliphatic carbocycles. The number of amides is 2. The highest BCUT2D eigenvalue weighted by Crippen LogP contribution is 2.31. The number of thioether (sulfide) groups is 1. The number of piperazine rings is 1. The molecule has 4 nitrogen and oxygen atoms in total. The molecule has 1 saturated heterocycles. The summed E-state index contributed by atoms with van der Waals surface area (Å²) in [5.74, 6) is 1.32. The molecular weight excluding hydrogens is 272 g/mol. The summed E-state index contributed by atoms with van der Waals surface area (Å²) in [5.41, 5.74) is -0.724. The minimum atomic E-state index is -0.724. The Labute approximate surface area is 126 Å². The van der Waals surface area contributed by atoms with Gasteiger partial charge in [0.1, 0.15) is 11.6 Å². The first kappa shape index (κ1) is 15.7. The molecule has 1 heterocycles. The summed E-state index contributed by atoms with van der Waals surface area (Å²) in [4.78, 5) is 27.0. The highest BCUT2D eigenvalue weighted by Gasteiger charge is 2.48. The van der Waals surface area contributed by atoms with E-state index in [4.69, 9.17) is 0 Å². The fourth-order valence-electron chi connectivity index (χ4n) is 3.30. The molecule has 2 aliphatic rings. The molecular formula is C15H26N2O2S. The Hall–Kier alpha value is -0.710. The predicted octanol–water partition coefficient (Wildman–Crippen LogP) is 2.04. The Bertz CT molecular complexity index is 378. The van der Waals surface area contributed by atoms with Gasteiger partial charge in [-0.25, -0.2) is 0 Å². The molecule has 2 rings (SSSR count). The van der Waals surface area contributed by atoms with Crippen LogP contribution in [-0.4, -0.2) is 46.8 Å². The van der Waals surface area contributed by atoms with E-state index in [0.717, 1.165) is 18.6 Å². The molecule has 20 heavy (non-hydrogen) atoms. The Kier molecular flexibility index (Phi) is 4.99. The van der Waals surface area contributed by atoms with Crippen LogP contribution in [0.4, 0.5) is 0 Å². The van der Waals surface area contributed by atoms with Gasteiger partial charge in [-0.2, -0.15) is 11.8 Å². The van der Waals surface area contributed by atoms with Gasteiger partial charge in [-0.3, -0.25) is 9.59 Å². The van der Waals surface area contributed by atoms with E-state index in [0.29, 0.717) is 12.5 Å². The third kappa shape index (κ3) is 2.97. The van der Waals surface area contributed by atoms with Crippen LogP contribution in [-0.2, 0) is 9.59 Å². The molecule has 0 aromatic rings. The van der Waals surface area contributed by atoms with E-state index in [1.807, 2.05) is 20.1 Å². The average Bonchev–Trinajstić information content (AvgIpc) is 2.44. The lowest BCUT2D eigenvalue weighted by Crippen LogP contribution is -2.70. The van der Waals surface area contributed by atoms with Gasteiger partial charge in [-0.15, -0.1) is 0 Å². The largest absolute Gasteiger partial charge is 0.342 e. The molecule has 0 aromatic carbocycles. The van der Waals surface area contributed by atoms with Crippen LogP contribution in [0.3, 0.4) is 0 Å². The second-order valence-electron chi connectivity index (χ2n) is 6.39. The minimum Gasteiger partial charge on any atom is -0.342 e. The van der Waals surface area contributed by atoms with Gasteiger partial charge in [-0.05, 0) is 38.9 Å². The quantitative estimate of drug-likeness (QED) is 0.864. The molecule has 0 spiro atoms. The van der Waals surface area contributed by atoms with E-state index in [1.165, 1.54) is 19.3 Å². The lowest BCUT2D eigenvalue weighted by Gasteiger charge is -2.46. The number of carbonyl (C=O) groups is 2. The molecule has 2 amide bonds. The third-order valence-electron chi connectivity index (χ3n) is 4.69. The monoisotopic (exact) mass is 298 g/mol. The summed E-state index contributed by atoms with van der Waals surface area (Å²) in [6.07, 6.45) is 7.77. The molecule has 1 aliphatic heterocycles. The van der Waals surface area contributed by atoms with Crippen LogP contribution in [0, 0.1) is 5.92 Å². The predicted molar refractivity (Wildman–Crippen MR) is 82.7 cm³/mol. The Morgan fingerprint density at radius 1 is 1.25 bits per heavy atom. The third-order valence-corrected chi connectivity index (χ3v) is 5.28. The fourth-order valence-corrected chi connectivity index (χ4v) is 3.67. The summed E-state index contributed by atoms with van der Waals surface area (Å²) in [6.45, 7) is 4.35. The van der Waals surface area contributed by atoms with Gasteiger partial charge in [-0.1, -0.05) is 19.3 Å². The second kappa shape index (κ2) is 6.37. The zero-order valence-corrected chi connectivity index (χ0v) is 13.6. The molecule has 0 radical (unpaired) electrons. The van der Waals surface area contributed by atoms with Crippen molar-refractivity contribution in [3.8, 4) is 0 Å². The van der Waals surface area contributed by atoms with Crippen LogP contribution in [0.25, 0.3) is 0 Å². The summed E-state index contributed by atoms with van der Waals surface area (Å²) < 4.78 is 0. The summed E-state index contributed by atoms with van der Waals surface area (Å²) in [6, 6.07) is -0.294. The van der Waals surface area contributed by atoms with Gasteiger partial charge in [0.05, 0.1) is 0 Å². The SMILES string of the molecule is CSCCN1C(=O)C(C2CCCCC2)NC(=O)C1(C)C. The molecule has 1 unspecified atom stereocenters. The maximum atomic E-state index is 12.8. The van der Waals surface area contributed by atoms with Gasteiger partial charge in [0.25, 0.3) is 0 Å². The van der Waals surface area contributed by atoms with Crippen LogP contribution in [0.2, 0.25) is 0 Å². The summed E-state index contributed by atoms with van der Waals surface area (Å²) in [7, 11) is 0. The van der Waals surface area contributed by atoms with Crippen molar-refractivity contribution >= 4 is 23.6 Å². The van der Waals surface area contributed by atoms with Crippen molar-refractivity contribution in [1.82, 2.24) is 10.2 Å². The van der Waals surface area contributed by atoms with Gasteiger partial charge in [0.2, 0.25) is 11.8 Å². The van der Waals surface area contributed by atoms with E-state index in [-0.39, 0.29) is 17.9 Å². The second-order valence-corrected chi connectivity index (χ2v) is 7.38. The van der Waals surface area contributed by atoms with E-state index in [2.05, 4.69) is 5.32 Å². The minimum absolute atomic E-state index is 0.00576. The van der Waals surface area contributed by atoms with E-state index >= 15 is 0 Å².